The molecule has 102 valence electrons. The third kappa shape index (κ3) is 3.38. The maximum atomic E-state index is 13.1. The summed E-state index contributed by atoms with van der Waals surface area (Å²) >= 11 is 11.7. The average molecular weight is 311 g/mol. The molecular formula is C15H9Cl2FO2. The molecule has 0 aliphatic carbocycles. The van der Waals surface area contributed by atoms with Gasteiger partial charge in [0.2, 0.25) is 0 Å². The smallest absolute Gasteiger partial charge is 0.189 e. The van der Waals surface area contributed by atoms with E-state index in [1.165, 1.54) is 12.2 Å². The molecule has 0 atom stereocenters. The van der Waals surface area contributed by atoms with E-state index < -0.39 is 11.6 Å². The van der Waals surface area contributed by atoms with Crippen LogP contribution < -0.4 is 0 Å². The lowest BCUT2D eigenvalue weighted by Crippen LogP contribution is -1.95. The van der Waals surface area contributed by atoms with E-state index >= 15 is 0 Å². The van der Waals surface area contributed by atoms with Gasteiger partial charge in [-0.3, -0.25) is 4.79 Å². The Morgan fingerprint density at radius 3 is 2.60 bits per heavy atom. The van der Waals surface area contributed by atoms with Crippen LogP contribution in [0, 0.1) is 5.82 Å². The number of halogens is 3. The second kappa shape index (κ2) is 6.07. The molecule has 5 heteroatoms. The minimum atomic E-state index is -0.593. The van der Waals surface area contributed by atoms with E-state index in [4.69, 9.17) is 23.2 Å². The Morgan fingerprint density at radius 1 is 1.15 bits per heavy atom. The van der Waals surface area contributed by atoms with Gasteiger partial charge in [0.1, 0.15) is 11.6 Å². The quantitative estimate of drug-likeness (QED) is 0.657. The predicted octanol–water partition coefficient (Wildman–Crippen LogP) is 4.73. The van der Waals surface area contributed by atoms with Crippen molar-refractivity contribution in [2.45, 2.75) is 0 Å². The van der Waals surface area contributed by atoms with Crippen LogP contribution in [0.15, 0.2) is 42.5 Å². The Morgan fingerprint density at radius 2 is 1.90 bits per heavy atom. The summed E-state index contributed by atoms with van der Waals surface area (Å²) < 4.78 is 13.1. The summed E-state index contributed by atoms with van der Waals surface area (Å²) in [5.41, 5.74) is 0.492. The van der Waals surface area contributed by atoms with Gasteiger partial charge >= 0.3 is 0 Å². The van der Waals surface area contributed by atoms with E-state index in [0.29, 0.717) is 15.6 Å². The number of phenolic OH excluding ortho intramolecular Hbond substituents is 1. The third-order valence-corrected chi connectivity index (χ3v) is 3.16. The summed E-state index contributed by atoms with van der Waals surface area (Å²) in [6.45, 7) is 0. The van der Waals surface area contributed by atoms with Crippen LogP contribution in [-0.2, 0) is 0 Å². The number of benzene rings is 2. The highest BCUT2D eigenvalue weighted by molar-refractivity contribution is 6.35. The molecule has 0 saturated heterocycles. The number of allylic oxidation sites excluding steroid dienone is 1. The van der Waals surface area contributed by atoms with Crippen molar-refractivity contribution in [3.63, 3.8) is 0 Å². The number of rotatable bonds is 3. The van der Waals surface area contributed by atoms with Gasteiger partial charge in [-0.2, -0.15) is 0 Å². The van der Waals surface area contributed by atoms with Gasteiger partial charge in [-0.25, -0.2) is 4.39 Å². The second-order valence-corrected chi connectivity index (χ2v) is 4.87. The zero-order chi connectivity index (χ0) is 14.7. The molecule has 2 nitrogen and oxygen atoms in total. The van der Waals surface area contributed by atoms with Crippen LogP contribution in [-0.4, -0.2) is 10.9 Å². The molecule has 2 rings (SSSR count). The van der Waals surface area contributed by atoms with Crippen molar-refractivity contribution in [3.8, 4) is 5.75 Å². The summed E-state index contributed by atoms with van der Waals surface area (Å²) in [7, 11) is 0. The fraction of sp³-hybridized carbons (Fsp3) is 0. The fourth-order valence-electron chi connectivity index (χ4n) is 1.60. The summed E-state index contributed by atoms with van der Waals surface area (Å²) in [6, 6.07) is 8.02. The van der Waals surface area contributed by atoms with Gasteiger partial charge in [-0.15, -0.1) is 0 Å². The third-order valence-electron chi connectivity index (χ3n) is 2.60. The van der Waals surface area contributed by atoms with E-state index in [-0.39, 0.29) is 11.3 Å². The standard InChI is InChI=1S/C15H9Cl2FO2/c16-10-3-1-9(13(17)7-10)2-5-14(19)12-8-11(18)4-6-15(12)20/h1-8,20H/b5-2+. The van der Waals surface area contributed by atoms with Crippen LogP contribution in [0.2, 0.25) is 10.0 Å². The monoisotopic (exact) mass is 310 g/mol. The maximum Gasteiger partial charge on any atom is 0.189 e. The number of ketones is 1. The first kappa shape index (κ1) is 14.6. The van der Waals surface area contributed by atoms with Gasteiger partial charge in [-0.1, -0.05) is 29.3 Å². The normalized spacial score (nSPS) is 10.9. The van der Waals surface area contributed by atoms with Crippen LogP contribution in [0.4, 0.5) is 4.39 Å². The molecule has 0 radical (unpaired) electrons. The summed E-state index contributed by atoms with van der Waals surface area (Å²) in [6.07, 6.45) is 2.69. The highest BCUT2D eigenvalue weighted by Gasteiger charge is 2.09. The average Bonchev–Trinajstić information content (AvgIpc) is 2.40. The van der Waals surface area contributed by atoms with Crippen LogP contribution >= 0.6 is 23.2 Å². The van der Waals surface area contributed by atoms with Crippen molar-refractivity contribution in [1.82, 2.24) is 0 Å². The highest BCUT2D eigenvalue weighted by Crippen LogP contribution is 2.23. The number of hydrogen-bond acceptors (Lipinski definition) is 2. The first-order valence-electron chi connectivity index (χ1n) is 5.63. The Bertz CT molecular complexity index is 696. The van der Waals surface area contributed by atoms with E-state index in [0.717, 1.165) is 18.2 Å². The second-order valence-electron chi connectivity index (χ2n) is 4.02. The van der Waals surface area contributed by atoms with Crippen molar-refractivity contribution >= 4 is 35.1 Å². The zero-order valence-electron chi connectivity index (χ0n) is 10.1. The number of phenols is 1. The molecule has 20 heavy (non-hydrogen) atoms. The van der Waals surface area contributed by atoms with Crippen molar-refractivity contribution in [3.05, 3.63) is 69.5 Å². The number of aromatic hydroxyl groups is 1. The fourth-order valence-corrected chi connectivity index (χ4v) is 2.07. The van der Waals surface area contributed by atoms with Gasteiger partial charge < -0.3 is 5.11 Å². The number of hydrogen-bond donors (Lipinski definition) is 1. The molecule has 0 saturated carbocycles. The van der Waals surface area contributed by atoms with Gasteiger partial charge in [0, 0.05) is 10.0 Å². The van der Waals surface area contributed by atoms with E-state index in [1.807, 2.05) is 0 Å². The molecule has 0 heterocycles. The lowest BCUT2D eigenvalue weighted by atomic mass is 10.1. The summed E-state index contributed by atoms with van der Waals surface area (Å²) in [5, 5.41) is 10.4. The topological polar surface area (TPSA) is 37.3 Å². The highest BCUT2D eigenvalue weighted by atomic mass is 35.5. The Balaban J connectivity index is 2.27. The lowest BCUT2D eigenvalue weighted by Gasteiger charge is -2.01. The molecule has 0 fully saturated rings. The van der Waals surface area contributed by atoms with Gasteiger partial charge in [0.25, 0.3) is 0 Å². The van der Waals surface area contributed by atoms with Crippen molar-refractivity contribution in [2.75, 3.05) is 0 Å². The SMILES string of the molecule is O=C(/C=C/c1ccc(Cl)cc1Cl)c1cc(F)ccc1O. The Hall–Kier alpha value is -1.84. The molecule has 1 N–H and O–H groups in total. The minimum absolute atomic E-state index is 0.105. The zero-order valence-corrected chi connectivity index (χ0v) is 11.6. The molecular weight excluding hydrogens is 302 g/mol. The van der Waals surface area contributed by atoms with E-state index in [9.17, 15) is 14.3 Å². The lowest BCUT2D eigenvalue weighted by molar-refractivity contribution is 0.104. The van der Waals surface area contributed by atoms with E-state index in [1.54, 1.807) is 18.2 Å². The molecule has 0 spiro atoms. The molecule has 0 bridgehead atoms. The van der Waals surface area contributed by atoms with Gasteiger partial charge in [0.05, 0.1) is 5.56 Å². The van der Waals surface area contributed by atoms with Crippen LogP contribution in [0.25, 0.3) is 6.08 Å². The number of carbonyl (C=O) groups is 1. The van der Waals surface area contributed by atoms with Crippen LogP contribution in [0.1, 0.15) is 15.9 Å². The molecule has 0 unspecified atom stereocenters. The first-order chi connectivity index (χ1) is 9.47. The Kier molecular flexibility index (Phi) is 4.42. The van der Waals surface area contributed by atoms with Crippen molar-refractivity contribution in [2.24, 2.45) is 0 Å². The minimum Gasteiger partial charge on any atom is -0.507 e. The van der Waals surface area contributed by atoms with Crippen LogP contribution in [0.5, 0.6) is 5.75 Å². The van der Waals surface area contributed by atoms with Crippen molar-refractivity contribution < 1.29 is 14.3 Å². The molecule has 0 aliphatic rings. The summed E-state index contributed by atoms with van der Waals surface area (Å²) in [4.78, 5) is 11.9. The summed E-state index contributed by atoms with van der Waals surface area (Å²) in [5.74, 6) is -1.39. The van der Waals surface area contributed by atoms with Crippen molar-refractivity contribution in [1.29, 1.82) is 0 Å². The van der Waals surface area contributed by atoms with Crippen LogP contribution in [0.3, 0.4) is 0 Å². The molecule has 0 amide bonds. The first-order valence-corrected chi connectivity index (χ1v) is 6.39. The predicted molar refractivity (Wildman–Crippen MR) is 77.9 cm³/mol. The largest absolute Gasteiger partial charge is 0.507 e. The van der Waals surface area contributed by atoms with Gasteiger partial charge in [-0.05, 0) is 48.0 Å². The molecule has 2 aromatic rings. The van der Waals surface area contributed by atoms with Gasteiger partial charge in [0.15, 0.2) is 5.78 Å². The number of carbonyl (C=O) groups excluding carboxylic acids is 1. The molecule has 0 aliphatic heterocycles. The molecule has 0 aromatic heterocycles. The molecule has 2 aromatic carbocycles. The Labute approximate surface area is 125 Å². The maximum absolute atomic E-state index is 13.1. The van der Waals surface area contributed by atoms with E-state index in [2.05, 4.69) is 0 Å².